The largest absolute Gasteiger partial charge is 0.309 e. The van der Waals surface area contributed by atoms with Gasteiger partial charge in [0, 0.05) is 0 Å². The number of aromatic nitrogens is 3. The Labute approximate surface area is 114 Å². The molecule has 0 spiro atoms. The molecule has 1 atom stereocenters. The van der Waals surface area contributed by atoms with E-state index in [4.69, 9.17) is 0 Å². The molecule has 2 rings (SSSR count). The summed E-state index contributed by atoms with van der Waals surface area (Å²) >= 11 is 0. The van der Waals surface area contributed by atoms with E-state index in [0.717, 1.165) is 19.5 Å². The van der Waals surface area contributed by atoms with Crippen molar-refractivity contribution in [2.45, 2.75) is 39.3 Å². The highest BCUT2D eigenvalue weighted by atomic mass is 15.3. The smallest absolute Gasteiger partial charge is 0.137 e. The third kappa shape index (κ3) is 3.89. The Balaban J connectivity index is 2.09. The number of likely N-dealkylation sites (N-methyl/N-ethyl adjacent to an activating group) is 1. The van der Waals surface area contributed by atoms with Crippen LogP contribution in [0.25, 0.3) is 0 Å². The van der Waals surface area contributed by atoms with Gasteiger partial charge in [0.25, 0.3) is 0 Å². The lowest BCUT2D eigenvalue weighted by Gasteiger charge is -2.18. The van der Waals surface area contributed by atoms with Gasteiger partial charge in [0.05, 0.1) is 12.6 Å². The van der Waals surface area contributed by atoms with Crippen LogP contribution in [-0.2, 0) is 13.0 Å². The molecule has 1 heterocycles. The first-order valence-corrected chi connectivity index (χ1v) is 6.98. The molecule has 1 unspecified atom stereocenters. The Kier molecular flexibility index (Phi) is 5.10. The van der Waals surface area contributed by atoms with Crippen molar-refractivity contribution in [3.8, 4) is 0 Å². The standard InChI is InChI=1S/C15H22N4/c1-3-5-13-6-8-14(9-7-13)15(17-4-2)10-19-12-16-11-18-19/h6-9,11-12,15,17H,3-5,10H2,1-2H3. The molecule has 0 aliphatic carbocycles. The Bertz CT molecular complexity index is 461. The summed E-state index contributed by atoms with van der Waals surface area (Å²) in [5.74, 6) is 0. The van der Waals surface area contributed by atoms with E-state index in [1.165, 1.54) is 17.5 Å². The first-order valence-electron chi connectivity index (χ1n) is 6.98. The van der Waals surface area contributed by atoms with E-state index in [-0.39, 0.29) is 6.04 Å². The van der Waals surface area contributed by atoms with Gasteiger partial charge in [-0.2, -0.15) is 5.10 Å². The molecular formula is C15H22N4. The van der Waals surface area contributed by atoms with E-state index >= 15 is 0 Å². The molecule has 2 aromatic rings. The van der Waals surface area contributed by atoms with Crippen molar-refractivity contribution >= 4 is 0 Å². The monoisotopic (exact) mass is 258 g/mol. The third-order valence-electron chi connectivity index (χ3n) is 3.21. The van der Waals surface area contributed by atoms with Gasteiger partial charge in [-0.1, -0.05) is 44.5 Å². The quantitative estimate of drug-likeness (QED) is 0.830. The van der Waals surface area contributed by atoms with Crippen LogP contribution in [0.1, 0.15) is 37.4 Å². The second-order valence-electron chi connectivity index (χ2n) is 4.72. The van der Waals surface area contributed by atoms with Crippen molar-refractivity contribution in [3.63, 3.8) is 0 Å². The average molecular weight is 258 g/mol. The molecule has 0 amide bonds. The fraction of sp³-hybridized carbons (Fsp3) is 0.467. The van der Waals surface area contributed by atoms with E-state index < -0.39 is 0 Å². The molecule has 1 aromatic carbocycles. The number of benzene rings is 1. The molecule has 1 aromatic heterocycles. The first kappa shape index (κ1) is 13.7. The summed E-state index contributed by atoms with van der Waals surface area (Å²) in [6.07, 6.45) is 5.67. The van der Waals surface area contributed by atoms with Gasteiger partial charge < -0.3 is 5.32 Å². The Morgan fingerprint density at radius 1 is 1.21 bits per heavy atom. The van der Waals surface area contributed by atoms with Crippen molar-refractivity contribution in [1.82, 2.24) is 20.1 Å². The molecule has 4 heteroatoms. The molecule has 0 saturated carbocycles. The maximum absolute atomic E-state index is 4.18. The van der Waals surface area contributed by atoms with Crippen LogP contribution in [-0.4, -0.2) is 21.3 Å². The van der Waals surface area contributed by atoms with Crippen LogP contribution in [0.4, 0.5) is 0 Å². The number of rotatable bonds is 7. The van der Waals surface area contributed by atoms with E-state index in [1.807, 2.05) is 4.68 Å². The zero-order valence-electron chi connectivity index (χ0n) is 11.7. The molecule has 0 saturated heterocycles. The van der Waals surface area contributed by atoms with Crippen molar-refractivity contribution in [2.24, 2.45) is 0 Å². The second kappa shape index (κ2) is 7.04. The first-order chi connectivity index (χ1) is 9.33. The summed E-state index contributed by atoms with van der Waals surface area (Å²) in [7, 11) is 0. The van der Waals surface area contributed by atoms with Crippen LogP contribution in [0.5, 0.6) is 0 Å². The fourth-order valence-electron chi connectivity index (χ4n) is 2.25. The molecule has 4 nitrogen and oxygen atoms in total. The number of nitrogens with one attached hydrogen (secondary N) is 1. The predicted molar refractivity (Wildman–Crippen MR) is 76.9 cm³/mol. The van der Waals surface area contributed by atoms with Crippen LogP contribution in [0.15, 0.2) is 36.9 Å². The Morgan fingerprint density at radius 3 is 2.58 bits per heavy atom. The summed E-state index contributed by atoms with van der Waals surface area (Å²) in [5.41, 5.74) is 2.71. The summed E-state index contributed by atoms with van der Waals surface area (Å²) in [6, 6.07) is 9.17. The number of hydrogen-bond donors (Lipinski definition) is 1. The highest BCUT2D eigenvalue weighted by Gasteiger charge is 2.11. The number of aryl methyl sites for hydroxylation is 1. The number of nitrogens with zero attached hydrogens (tertiary/aromatic N) is 3. The van der Waals surface area contributed by atoms with Crippen LogP contribution in [0.2, 0.25) is 0 Å². The summed E-state index contributed by atoms with van der Waals surface area (Å²) in [4.78, 5) is 3.99. The van der Waals surface area contributed by atoms with E-state index in [2.05, 4.69) is 53.5 Å². The summed E-state index contributed by atoms with van der Waals surface area (Å²) in [5, 5.41) is 7.68. The van der Waals surface area contributed by atoms with Crippen molar-refractivity contribution in [1.29, 1.82) is 0 Å². The lowest BCUT2D eigenvalue weighted by molar-refractivity contribution is 0.447. The second-order valence-corrected chi connectivity index (χ2v) is 4.72. The molecule has 19 heavy (non-hydrogen) atoms. The van der Waals surface area contributed by atoms with Gasteiger partial charge in [-0.3, -0.25) is 4.68 Å². The van der Waals surface area contributed by atoms with Crippen molar-refractivity contribution < 1.29 is 0 Å². The predicted octanol–water partition coefficient (Wildman–Crippen LogP) is 2.58. The minimum absolute atomic E-state index is 0.280. The average Bonchev–Trinajstić information content (AvgIpc) is 2.93. The van der Waals surface area contributed by atoms with Crippen LogP contribution >= 0.6 is 0 Å². The molecular weight excluding hydrogens is 236 g/mol. The summed E-state index contributed by atoms with van der Waals surface area (Å²) < 4.78 is 1.87. The van der Waals surface area contributed by atoms with Crippen molar-refractivity contribution in [2.75, 3.05) is 6.54 Å². The van der Waals surface area contributed by atoms with Crippen molar-refractivity contribution in [3.05, 3.63) is 48.0 Å². The zero-order chi connectivity index (χ0) is 13.5. The maximum Gasteiger partial charge on any atom is 0.137 e. The van der Waals surface area contributed by atoms with Gasteiger partial charge in [0.15, 0.2) is 0 Å². The van der Waals surface area contributed by atoms with Gasteiger partial charge in [-0.05, 0) is 24.1 Å². The van der Waals surface area contributed by atoms with Crippen LogP contribution in [0.3, 0.4) is 0 Å². The van der Waals surface area contributed by atoms with E-state index in [9.17, 15) is 0 Å². The molecule has 0 aliphatic heterocycles. The fourth-order valence-corrected chi connectivity index (χ4v) is 2.25. The molecule has 0 fully saturated rings. The Morgan fingerprint density at radius 2 is 2.00 bits per heavy atom. The molecule has 1 N–H and O–H groups in total. The van der Waals surface area contributed by atoms with Gasteiger partial charge in [-0.25, -0.2) is 4.98 Å². The van der Waals surface area contributed by atoms with Crippen LogP contribution in [0, 0.1) is 0 Å². The van der Waals surface area contributed by atoms with E-state index in [0.29, 0.717) is 0 Å². The maximum atomic E-state index is 4.18. The minimum atomic E-state index is 0.280. The molecule has 102 valence electrons. The SMILES string of the molecule is CCCc1ccc(C(Cn2cncn2)NCC)cc1. The topological polar surface area (TPSA) is 42.7 Å². The lowest BCUT2D eigenvalue weighted by Crippen LogP contribution is -2.25. The van der Waals surface area contributed by atoms with Crippen LogP contribution < -0.4 is 5.32 Å². The van der Waals surface area contributed by atoms with Gasteiger partial charge in [0.2, 0.25) is 0 Å². The summed E-state index contributed by atoms with van der Waals surface area (Å²) in [6.45, 7) is 6.08. The molecule has 0 radical (unpaired) electrons. The lowest BCUT2D eigenvalue weighted by atomic mass is 10.0. The van der Waals surface area contributed by atoms with E-state index in [1.54, 1.807) is 12.7 Å². The normalized spacial score (nSPS) is 12.5. The number of hydrogen-bond acceptors (Lipinski definition) is 3. The van der Waals surface area contributed by atoms with Gasteiger partial charge in [0.1, 0.15) is 12.7 Å². The minimum Gasteiger partial charge on any atom is -0.309 e. The highest BCUT2D eigenvalue weighted by Crippen LogP contribution is 2.16. The zero-order valence-corrected chi connectivity index (χ0v) is 11.7. The van der Waals surface area contributed by atoms with Gasteiger partial charge >= 0.3 is 0 Å². The third-order valence-corrected chi connectivity index (χ3v) is 3.21. The molecule has 0 aliphatic rings. The Hall–Kier alpha value is -1.68. The molecule has 0 bridgehead atoms. The highest BCUT2D eigenvalue weighted by molar-refractivity contribution is 5.25. The van der Waals surface area contributed by atoms with Gasteiger partial charge in [-0.15, -0.1) is 0 Å².